The summed E-state index contributed by atoms with van der Waals surface area (Å²) in [5.41, 5.74) is 3.03. The number of ether oxygens (including phenoxy) is 1. The van der Waals surface area contributed by atoms with Gasteiger partial charge in [0.2, 0.25) is 0 Å². The minimum absolute atomic E-state index is 0.0591. The molecule has 0 spiro atoms. The second-order valence-electron chi connectivity index (χ2n) is 5.96. The van der Waals surface area contributed by atoms with Crippen molar-refractivity contribution in [2.45, 2.75) is 13.0 Å². The lowest BCUT2D eigenvalue weighted by Gasteiger charge is -2.25. The SMILES string of the molecule is COc1cccc([C@@H](CNC(=O)Nc2ccc(C)cc2)N(C)C)c1. The number of urea groups is 1. The lowest BCUT2D eigenvalue weighted by Crippen LogP contribution is -2.36. The first-order valence-corrected chi connectivity index (χ1v) is 7.91. The van der Waals surface area contributed by atoms with Crippen molar-refractivity contribution in [3.63, 3.8) is 0 Å². The predicted molar refractivity (Wildman–Crippen MR) is 97.6 cm³/mol. The second kappa shape index (κ2) is 8.36. The number of aryl methyl sites for hydroxylation is 1. The van der Waals surface area contributed by atoms with E-state index in [1.54, 1.807) is 7.11 Å². The Morgan fingerprint density at radius 2 is 1.88 bits per heavy atom. The number of hydrogen-bond donors (Lipinski definition) is 2. The van der Waals surface area contributed by atoms with Gasteiger partial charge in [-0.15, -0.1) is 0 Å². The maximum absolute atomic E-state index is 12.1. The Hall–Kier alpha value is -2.53. The topological polar surface area (TPSA) is 53.6 Å². The molecule has 0 bridgehead atoms. The van der Waals surface area contributed by atoms with Gasteiger partial charge in [-0.25, -0.2) is 4.79 Å². The number of likely N-dealkylation sites (N-methyl/N-ethyl adjacent to an activating group) is 1. The lowest BCUT2D eigenvalue weighted by atomic mass is 10.1. The van der Waals surface area contributed by atoms with Gasteiger partial charge < -0.3 is 20.3 Å². The zero-order valence-corrected chi connectivity index (χ0v) is 14.7. The molecule has 5 nitrogen and oxygen atoms in total. The van der Waals surface area contributed by atoms with Crippen molar-refractivity contribution in [1.29, 1.82) is 0 Å². The van der Waals surface area contributed by atoms with Crippen molar-refractivity contribution in [1.82, 2.24) is 10.2 Å². The average molecular weight is 327 g/mol. The van der Waals surface area contributed by atoms with Gasteiger partial charge in [-0.05, 0) is 50.8 Å². The molecule has 2 aromatic carbocycles. The normalized spacial score (nSPS) is 11.9. The maximum atomic E-state index is 12.1. The average Bonchev–Trinajstić information content (AvgIpc) is 2.57. The quantitative estimate of drug-likeness (QED) is 0.855. The van der Waals surface area contributed by atoms with Gasteiger partial charge in [-0.3, -0.25) is 0 Å². The Labute approximate surface area is 143 Å². The highest BCUT2D eigenvalue weighted by Crippen LogP contribution is 2.22. The molecule has 2 amide bonds. The third kappa shape index (κ3) is 4.99. The highest BCUT2D eigenvalue weighted by molar-refractivity contribution is 5.89. The summed E-state index contributed by atoms with van der Waals surface area (Å²) in [4.78, 5) is 14.2. The Bertz CT molecular complexity index is 669. The lowest BCUT2D eigenvalue weighted by molar-refractivity contribution is 0.243. The Kier molecular flexibility index (Phi) is 6.21. The molecule has 0 radical (unpaired) electrons. The number of benzene rings is 2. The van der Waals surface area contributed by atoms with E-state index in [1.165, 1.54) is 0 Å². The molecule has 0 unspecified atom stereocenters. The molecule has 5 heteroatoms. The van der Waals surface area contributed by atoms with Gasteiger partial charge in [-0.1, -0.05) is 29.8 Å². The van der Waals surface area contributed by atoms with Crippen LogP contribution >= 0.6 is 0 Å². The van der Waals surface area contributed by atoms with Crippen molar-refractivity contribution in [3.05, 3.63) is 59.7 Å². The summed E-state index contributed by atoms with van der Waals surface area (Å²) in [6.45, 7) is 2.51. The zero-order chi connectivity index (χ0) is 17.5. The Morgan fingerprint density at radius 3 is 2.50 bits per heavy atom. The van der Waals surface area contributed by atoms with Crippen LogP contribution in [-0.2, 0) is 0 Å². The fraction of sp³-hybridized carbons (Fsp3) is 0.316. The molecule has 2 aromatic rings. The van der Waals surface area contributed by atoms with Gasteiger partial charge >= 0.3 is 6.03 Å². The van der Waals surface area contributed by atoms with Crippen LogP contribution in [0.2, 0.25) is 0 Å². The molecule has 0 aliphatic carbocycles. The third-order valence-corrected chi connectivity index (χ3v) is 3.87. The molecule has 1 atom stereocenters. The minimum atomic E-state index is -0.214. The van der Waals surface area contributed by atoms with Crippen molar-refractivity contribution in [2.24, 2.45) is 0 Å². The van der Waals surface area contributed by atoms with E-state index >= 15 is 0 Å². The summed E-state index contributed by atoms with van der Waals surface area (Å²) in [6, 6.07) is 15.4. The van der Waals surface area contributed by atoms with Crippen LogP contribution in [0, 0.1) is 6.92 Å². The molecule has 0 aromatic heterocycles. The summed E-state index contributed by atoms with van der Waals surface area (Å²) in [6.07, 6.45) is 0. The van der Waals surface area contributed by atoms with E-state index in [9.17, 15) is 4.79 Å². The van der Waals surface area contributed by atoms with Gasteiger partial charge in [0, 0.05) is 12.2 Å². The number of carbonyl (C=O) groups excluding carboxylic acids is 1. The van der Waals surface area contributed by atoms with Crippen LogP contribution in [0.15, 0.2) is 48.5 Å². The summed E-state index contributed by atoms with van der Waals surface area (Å²) in [7, 11) is 5.63. The first-order valence-electron chi connectivity index (χ1n) is 7.91. The Balaban J connectivity index is 1.98. The number of methoxy groups -OCH3 is 1. The number of rotatable bonds is 6. The first kappa shape index (κ1) is 17.8. The smallest absolute Gasteiger partial charge is 0.319 e. The van der Waals surface area contributed by atoms with Crippen molar-refractivity contribution >= 4 is 11.7 Å². The molecule has 24 heavy (non-hydrogen) atoms. The van der Waals surface area contributed by atoms with Gasteiger partial charge in [0.25, 0.3) is 0 Å². The van der Waals surface area contributed by atoms with E-state index in [0.717, 1.165) is 22.6 Å². The van der Waals surface area contributed by atoms with Crippen LogP contribution in [0.1, 0.15) is 17.2 Å². The first-order chi connectivity index (χ1) is 11.5. The van der Waals surface area contributed by atoms with E-state index in [0.29, 0.717) is 6.54 Å². The van der Waals surface area contributed by atoms with Crippen molar-refractivity contribution in [2.75, 3.05) is 33.1 Å². The molecule has 0 fully saturated rings. The fourth-order valence-corrected chi connectivity index (χ4v) is 2.45. The van der Waals surface area contributed by atoms with E-state index in [2.05, 4.69) is 15.5 Å². The van der Waals surface area contributed by atoms with Crippen molar-refractivity contribution in [3.8, 4) is 5.75 Å². The molecule has 0 saturated heterocycles. The van der Waals surface area contributed by atoms with Crippen LogP contribution in [0.3, 0.4) is 0 Å². The van der Waals surface area contributed by atoms with E-state index < -0.39 is 0 Å². The number of anilines is 1. The van der Waals surface area contributed by atoms with Gasteiger partial charge in [0.05, 0.1) is 13.2 Å². The molecule has 0 saturated carbocycles. The molecule has 0 heterocycles. The monoisotopic (exact) mass is 327 g/mol. The molecule has 2 N–H and O–H groups in total. The number of hydrogen-bond acceptors (Lipinski definition) is 3. The predicted octanol–water partition coefficient (Wildman–Crippen LogP) is 3.43. The summed E-state index contributed by atoms with van der Waals surface area (Å²) in [5.74, 6) is 0.809. The van der Waals surface area contributed by atoms with E-state index in [1.807, 2.05) is 69.6 Å². The van der Waals surface area contributed by atoms with Crippen LogP contribution in [0.4, 0.5) is 10.5 Å². The largest absolute Gasteiger partial charge is 0.497 e. The summed E-state index contributed by atoms with van der Waals surface area (Å²) >= 11 is 0. The zero-order valence-electron chi connectivity index (χ0n) is 14.7. The molecule has 0 aliphatic rings. The van der Waals surface area contributed by atoms with Crippen LogP contribution in [-0.4, -0.2) is 38.7 Å². The van der Waals surface area contributed by atoms with E-state index in [4.69, 9.17) is 4.74 Å². The third-order valence-electron chi connectivity index (χ3n) is 3.87. The highest BCUT2D eigenvalue weighted by atomic mass is 16.5. The molecular formula is C19H25N3O2. The number of nitrogens with zero attached hydrogens (tertiary/aromatic N) is 1. The fourth-order valence-electron chi connectivity index (χ4n) is 2.45. The molecule has 0 aliphatic heterocycles. The van der Waals surface area contributed by atoms with Crippen molar-refractivity contribution < 1.29 is 9.53 Å². The molecular weight excluding hydrogens is 302 g/mol. The minimum Gasteiger partial charge on any atom is -0.497 e. The maximum Gasteiger partial charge on any atom is 0.319 e. The number of amides is 2. The number of carbonyl (C=O) groups is 1. The van der Waals surface area contributed by atoms with Crippen LogP contribution < -0.4 is 15.4 Å². The van der Waals surface area contributed by atoms with Gasteiger partial charge in [0.1, 0.15) is 5.75 Å². The Morgan fingerprint density at radius 1 is 1.17 bits per heavy atom. The highest BCUT2D eigenvalue weighted by Gasteiger charge is 2.16. The van der Waals surface area contributed by atoms with Gasteiger partial charge in [0.15, 0.2) is 0 Å². The number of nitrogens with one attached hydrogen (secondary N) is 2. The molecule has 2 rings (SSSR count). The second-order valence-corrected chi connectivity index (χ2v) is 5.96. The summed E-state index contributed by atoms with van der Waals surface area (Å²) < 4.78 is 5.28. The van der Waals surface area contributed by atoms with Crippen LogP contribution in [0.5, 0.6) is 5.75 Å². The van der Waals surface area contributed by atoms with E-state index in [-0.39, 0.29) is 12.1 Å². The van der Waals surface area contributed by atoms with Crippen LogP contribution in [0.25, 0.3) is 0 Å². The van der Waals surface area contributed by atoms with Gasteiger partial charge in [-0.2, -0.15) is 0 Å². The molecule has 128 valence electrons. The summed E-state index contributed by atoms with van der Waals surface area (Å²) in [5, 5.41) is 5.77. The standard InChI is InChI=1S/C19H25N3O2/c1-14-8-10-16(11-9-14)21-19(23)20-13-18(22(2)3)15-6-5-7-17(12-15)24-4/h5-12,18H,13H2,1-4H3,(H2,20,21,23)/t18-/m1/s1.